The second kappa shape index (κ2) is 3.91. The molecular weight excluding hydrogens is 139 g/mol. The number of allylic oxidation sites excluding steroid dienone is 2. The van der Waals surface area contributed by atoms with Crippen molar-refractivity contribution in [1.82, 2.24) is 0 Å². The fraction of sp³-hybridized carbons (Fsp3) is 0.200. The molecule has 1 rings (SSSR count). The monoisotopic (exact) mass is 150 g/mol. The minimum Gasteiger partial charge on any atom is -0.212 e. The first kappa shape index (κ1) is 7.99. The predicted molar refractivity (Wildman–Crippen MR) is 45.0 cm³/mol. The molecule has 0 spiro atoms. The molecule has 0 heterocycles. The molecule has 0 aliphatic heterocycles. The van der Waals surface area contributed by atoms with E-state index in [1.54, 1.807) is 6.08 Å². The quantitative estimate of drug-likeness (QED) is 0.607. The summed E-state index contributed by atoms with van der Waals surface area (Å²) in [6.45, 7) is 1.46. The second-order valence-corrected chi connectivity index (χ2v) is 2.48. The molecule has 0 saturated carbocycles. The first-order valence-corrected chi connectivity index (χ1v) is 3.65. The van der Waals surface area contributed by atoms with Crippen LogP contribution in [-0.2, 0) is 6.42 Å². The van der Waals surface area contributed by atoms with Gasteiger partial charge in [-0.15, -0.1) is 0 Å². The van der Waals surface area contributed by atoms with E-state index in [1.807, 2.05) is 30.3 Å². The molecule has 0 bridgehead atoms. The smallest absolute Gasteiger partial charge is 0.0932 e. The molecule has 1 aromatic carbocycles. The molecule has 58 valence electrons. The standard InChI is InChI=1S/C10H11F/c1-9(11)7-8-10-5-3-2-4-6-10/h2-7H,8H2,1H3/b9-7-. The summed E-state index contributed by atoms with van der Waals surface area (Å²) in [5.41, 5.74) is 1.14. The molecule has 0 saturated heterocycles. The summed E-state index contributed by atoms with van der Waals surface area (Å²) in [4.78, 5) is 0. The highest BCUT2D eigenvalue weighted by atomic mass is 19.1. The van der Waals surface area contributed by atoms with Crippen LogP contribution < -0.4 is 0 Å². The number of hydrogen-bond acceptors (Lipinski definition) is 0. The van der Waals surface area contributed by atoms with E-state index in [1.165, 1.54) is 6.92 Å². The number of halogens is 1. The average Bonchev–Trinajstić information content (AvgIpc) is 2.03. The van der Waals surface area contributed by atoms with Crippen LogP contribution in [0.3, 0.4) is 0 Å². The van der Waals surface area contributed by atoms with Gasteiger partial charge >= 0.3 is 0 Å². The third-order valence-corrected chi connectivity index (χ3v) is 1.46. The van der Waals surface area contributed by atoms with Gasteiger partial charge in [-0.1, -0.05) is 30.3 Å². The lowest BCUT2D eigenvalue weighted by Crippen LogP contribution is -1.78. The minimum absolute atomic E-state index is 0.117. The van der Waals surface area contributed by atoms with Gasteiger partial charge in [-0.25, -0.2) is 4.39 Å². The first-order valence-electron chi connectivity index (χ1n) is 3.65. The van der Waals surface area contributed by atoms with Crippen LogP contribution in [0.4, 0.5) is 4.39 Å². The summed E-state index contributed by atoms with van der Waals surface area (Å²) in [5, 5.41) is 0. The van der Waals surface area contributed by atoms with Crippen LogP contribution in [-0.4, -0.2) is 0 Å². The van der Waals surface area contributed by atoms with Crippen molar-refractivity contribution >= 4 is 0 Å². The summed E-state index contributed by atoms with van der Waals surface area (Å²) in [7, 11) is 0. The van der Waals surface area contributed by atoms with E-state index in [2.05, 4.69) is 0 Å². The maximum Gasteiger partial charge on any atom is 0.0932 e. The number of hydrogen-bond donors (Lipinski definition) is 0. The van der Waals surface area contributed by atoms with E-state index in [0.29, 0.717) is 6.42 Å². The second-order valence-electron chi connectivity index (χ2n) is 2.48. The van der Waals surface area contributed by atoms with E-state index in [4.69, 9.17) is 0 Å². The van der Waals surface area contributed by atoms with Gasteiger partial charge in [0.1, 0.15) is 0 Å². The van der Waals surface area contributed by atoms with Crippen LogP contribution >= 0.6 is 0 Å². The highest BCUT2D eigenvalue weighted by Crippen LogP contribution is 2.02. The topological polar surface area (TPSA) is 0 Å². The van der Waals surface area contributed by atoms with Crippen LogP contribution in [0.2, 0.25) is 0 Å². The van der Waals surface area contributed by atoms with Crippen LogP contribution in [0.15, 0.2) is 42.2 Å². The van der Waals surface area contributed by atoms with E-state index < -0.39 is 0 Å². The lowest BCUT2D eigenvalue weighted by atomic mass is 10.1. The van der Waals surface area contributed by atoms with Crippen LogP contribution in [0.1, 0.15) is 12.5 Å². The molecule has 0 nitrogen and oxygen atoms in total. The van der Waals surface area contributed by atoms with Gasteiger partial charge in [-0.2, -0.15) is 0 Å². The van der Waals surface area contributed by atoms with Crippen molar-refractivity contribution in [2.45, 2.75) is 13.3 Å². The molecule has 0 N–H and O–H groups in total. The van der Waals surface area contributed by atoms with Crippen molar-refractivity contribution in [2.75, 3.05) is 0 Å². The molecule has 0 radical (unpaired) electrons. The van der Waals surface area contributed by atoms with Crippen LogP contribution in [0.25, 0.3) is 0 Å². The molecule has 0 aromatic heterocycles. The van der Waals surface area contributed by atoms with E-state index in [0.717, 1.165) is 5.56 Å². The molecule has 0 unspecified atom stereocenters. The zero-order valence-electron chi connectivity index (χ0n) is 6.55. The van der Waals surface area contributed by atoms with Crippen molar-refractivity contribution < 1.29 is 4.39 Å². The van der Waals surface area contributed by atoms with Crippen molar-refractivity contribution in [3.05, 3.63) is 47.8 Å². The third kappa shape index (κ3) is 2.99. The Morgan fingerprint density at radius 1 is 1.36 bits per heavy atom. The third-order valence-electron chi connectivity index (χ3n) is 1.46. The molecule has 11 heavy (non-hydrogen) atoms. The van der Waals surface area contributed by atoms with Crippen molar-refractivity contribution in [3.8, 4) is 0 Å². The Bertz CT molecular complexity index is 232. The summed E-state index contributed by atoms with van der Waals surface area (Å²) >= 11 is 0. The zero-order valence-corrected chi connectivity index (χ0v) is 6.55. The summed E-state index contributed by atoms with van der Waals surface area (Å²) in [6.07, 6.45) is 2.26. The van der Waals surface area contributed by atoms with Gasteiger partial charge < -0.3 is 0 Å². The summed E-state index contributed by atoms with van der Waals surface area (Å²) in [6, 6.07) is 9.84. The van der Waals surface area contributed by atoms with Gasteiger partial charge in [0.15, 0.2) is 0 Å². The predicted octanol–water partition coefficient (Wildman–Crippen LogP) is 3.10. The summed E-state index contributed by atoms with van der Waals surface area (Å²) in [5.74, 6) is -0.117. The van der Waals surface area contributed by atoms with Gasteiger partial charge in [0.2, 0.25) is 0 Å². The SMILES string of the molecule is C/C(F)=C/Cc1ccccc1. The maximum absolute atomic E-state index is 12.2. The van der Waals surface area contributed by atoms with Crippen LogP contribution in [0.5, 0.6) is 0 Å². The lowest BCUT2D eigenvalue weighted by Gasteiger charge is -1.93. The molecule has 0 amide bonds. The molecule has 0 aliphatic carbocycles. The number of benzene rings is 1. The summed E-state index contributed by atoms with van der Waals surface area (Å²) < 4.78 is 12.2. The van der Waals surface area contributed by atoms with Crippen LogP contribution in [0, 0.1) is 0 Å². The van der Waals surface area contributed by atoms with Gasteiger partial charge in [-0.3, -0.25) is 0 Å². The van der Waals surface area contributed by atoms with Crippen molar-refractivity contribution in [2.24, 2.45) is 0 Å². The highest BCUT2D eigenvalue weighted by Gasteiger charge is 1.87. The largest absolute Gasteiger partial charge is 0.212 e. The Hall–Kier alpha value is -1.11. The molecule has 0 aliphatic rings. The molecule has 1 aromatic rings. The Morgan fingerprint density at radius 2 is 2.00 bits per heavy atom. The van der Waals surface area contributed by atoms with Gasteiger partial charge in [0.05, 0.1) is 5.83 Å². The van der Waals surface area contributed by atoms with E-state index in [-0.39, 0.29) is 5.83 Å². The van der Waals surface area contributed by atoms with Gasteiger partial charge in [0.25, 0.3) is 0 Å². The van der Waals surface area contributed by atoms with Gasteiger partial charge in [0, 0.05) is 0 Å². The minimum atomic E-state index is -0.117. The maximum atomic E-state index is 12.2. The Labute approximate surface area is 66.4 Å². The lowest BCUT2D eigenvalue weighted by molar-refractivity contribution is 0.635. The van der Waals surface area contributed by atoms with Gasteiger partial charge in [-0.05, 0) is 25.0 Å². The molecular formula is C10H11F. The molecule has 1 heteroatoms. The normalized spacial score (nSPS) is 11.6. The average molecular weight is 150 g/mol. The number of rotatable bonds is 2. The fourth-order valence-electron chi connectivity index (χ4n) is 0.873. The highest BCUT2D eigenvalue weighted by molar-refractivity contribution is 5.17. The Morgan fingerprint density at radius 3 is 2.55 bits per heavy atom. The molecule has 0 fully saturated rings. The van der Waals surface area contributed by atoms with Crippen molar-refractivity contribution in [1.29, 1.82) is 0 Å². The Kier molecular flexibility index (Phi) is 2.84. The fourth-order valence-corrected chi connectivity index (χ4v) is 0.873. The zero-order chi connectivity index (χ0) is 8.10. The van der Waals surface area contributed by atoms with Crippen molar-refractivity contribution in [3.63, 3.8) is 0 Å². The Balaban J connectivity index is 2.59. The first-order chi connectivity index (χ1) is 5.29. The molecule has 0 atom stereocenters. The van der Waals surface area contributed by atoms with E-state index in [9.17, 15) is 4.39 Å². The van der Waals surface area contributed by atoms with E-state index >= 15 is 0 Å².